The molecule has 1 saturated carbocycles. The molecule has 0 spiro atoms. The first-order valence-electron chi connectivity index (χ1n) is 8.53. The number of nitrogens with zero attached hydrogens (tertiary/aromatic N) is 3. The molecule has 1 N–H and O–H groups in total. The van der Waals surface area contributed by atoms with Crippen LogP contribution in [0.4, 0.5) is 5.69 Å². The van der Waals surface area contributed by atoms with Crippen molar-refractivity contribution in [3.8, 4) is 0 Å². The Kier molecular flexibility index (Phi) is 4.83. The van der Waals surface area contributed by atoms with E-state index in [4.69, 9.17) is 0 Å². The monoisotopic (exact) mass is 343 g/mol. The number of carboxylic acids is 1. The Bertz CT molecular complexity index is 793. The fourth-order valence-corrected chi connectivity index (χ4v) is 3.63. The van der Waals surface area contributed by atoms with E-state index in [2.05, 4.69) is 9.55 Å². The van der Waals surface area contributed by atoms with Gasteiger partial charge in [-0.15, -0.1) is 0 Å². The first-order chi connectivity index (χ1) is 12.0. The van der Waals surface area contributed by atoms with Crippen LogP contribution in [0.2, 0.25) is 0 Å². The van der Waals surface area contributed by atoms with Gasteiger partial charge in [-0.1, -0.05) is 25.3 Å². The lowest BCUT2D eigenvalue weighted by Gasteiger charge is -2.25. The summed E-state index contributed by atoms with van der Waals surface area (Å²) in [6.45, 7) is 1.96. The number of aromatic nitrogens is 2. The molecule has 7 heteroatoms. The van der Waals surface area contributed by atoms with E-state index in [-0.39, 0.29) is 17.3 Å². The predicted molar refractivity (Wildman–Crippen MR) is 91.9 cm³/mol. The maximum absolute atomic E-state index is 11.4. The third-order valence-electron chi connectivity index (χ3n) is 5.02. The van der Waals surface area contributed by atoms with Gasteiger partial charge < -0.3 is 9.67 Å². The van der Waals surface area contributed by atoms with Crippen LogP contribution in [0, 0.1) is 10.1 Å². The normalized spacial score (nSPS) is 16.5. The summed E-state index contributed by atoms with van der Waals surface area (Å²) in [5, 5.41) is 20.3. The summed E-state index contributed by atoms with van der Waals surface area (Å²) in [5.41, 5.74) is 0.0494. The number of hydrogen-bond acceptors (Lipinski definition) is 4. The number of aromatic carboxylic acids is 1. The van der Waals surface area contributed by atoms with E-state index >= 15 is 0 Å². The molecular formula is C18H21N3O4. The lowest BCUT2D eigenvalue weighted by Crippen LogP contribution is -2.16. The number of nitro groups is 1. The summed E-state index contributed by atoms with van der Waals surface area (Å²) in [7, 11) is 0. The molecule has 1 unspecified atom stereocenters. The van der Waals surface area contributed by atoms with Crippen molar-refractivity contribution in [1.82, 2.24) is 9.55 Å². The Morgan fingerprint density at radius 3 is 2.72 bits per heavy atom. The summed E-state index contributed by atoms with van der Waals surface area (Å²) >= 11 is 0. The van der Waals surface area contributed by atoms with Crippen molar-refractivity contribution in [3.63, 3.8) is 0 Å². The van der Waals surface area contributed by atoms with Crippen molar-refractivity contribution in [3.05, 3.63) is 57.7 Å². The first kappa shape index (κ1) is 17.1. The van der Waals surface area contributed by atoms with E-state index in [1.54, 1.807) is 12.3 Å². The van der Waals surface area contributed by atoms with Crippen molar-refractivity contribution in [2.45, 2.75) is 51.0 Å². The fraction of sp³-hybridized carbons (Fsp3) is 0.444. The molecule has 1 aromatic heterocycles. The molecule has 0 bridgehead atoms. The molecule has 0 saturated heterocycles. The number of rotatable bonds is 5. The van der Waals surface area contributed by atoms with E-state index < -0.39 is 10.9 Å². The van der Waals surface area contributed by atoms with E-state index in [1.807, 2.05) is 13.1 Å². The Hall–Kier alpha value is -2.70. The Balaban J connectivity index is 1.95. The molecule has 1 heterocycles. The number of nitro benzene ring substituents is 1. The third kappa shape index (κ3) is 3.40. The molecule has 1 aliphatic carbocycles. The molecule has 0 amide bonds. The van der Waals surface area contributed by atoms with Gasteiger partial charge in [0, 0.05) is 24.4 Å². The summed E-state index contributed by atoms with van der Waals surface area (Å²) in [5.74, 6) is 0.143. The van der Waals surface area contributed by atoms with Crippen molar-refractivity contribution in [2.75, 3.05) is 0 Å². The average molecular weight is 343 g/mol. The average Bonchev–Trinajstić information content (AvgIpc) is 3.11. The number of hydrogen-bond donors (Lipinski definition) is 1. The van der Waals surface area contributed by atoms with Gasteiger partial charge in [-0.2, -0.15) is 0 Å². The minimum atomic E-state index is -1.29. The largest absolute Gasteiger partial charge is 0.477 e. The number of imidazole rings is 1. The van der Waals surface area contributed by atoms with Crippen molar-refractivity contribution >= 4 is 11.7 Å². The molecule has 132 valence electrons. The van der Waals surface area contributed by atoms with Crippen LogP contribution in [0.5, 0.6) is 0 Å². The van der Waals surface area contributed by atoms with Crippen molar-refractivity contribution in [2.24, 2.45) is 0 Å². The van der Waals surface area contributed by atoms with Crippen LogP contribution in [-0.4, -0.2) is 25.6 Å². The lowest BCUT2D eigenvalue weighted by molar-refractivity contribution is -0.385. The van der Waals surface area contributed by atoms with Gasteiger partial charge in [0.2, 0.25) is 0 Å². The molecule has 7 nitrogen and oxygen atoms in total. The van der Waals surface area contributed by atoms with Gasteiger partial charge >= 0.3 is 5.97 Å². The van der Waals surface area contributed by atoms with Gasteiger partial charge in [-0.05, 0) is 31.4 Å². The maximum atomic E-state index is 11.4. The number of benzene rings is 1. The second-order valence-corrected chi connectivity index (χ2v) is 6.54. The van der Waals surface area contributed by atoms with E-state index in [0.717, 1.165) is 24.2 Å². The van der Waals surface area contributed by atoms with Gasteiger partial charge in [0.15, 0.2) is 0 Å². The molecule has 3 rings (SSSR count). The van der Waals surface area contributed by atoms with Crippen LogP contribution in [0.1, 0.15) is 72.7 Å². The molecule has 1 aromatic carbocycles. The standard InChI is InChI=1S/C18H21N3O4/c1-12(14-7-8-16(21(24)25)15(11-14)18(22)23)20-10-9-19-17(20)13-5-3-2-4-6-13/h7-13H,2-6H2,1H3,(H,22,23). The van der Waals surface area contributed by atoms with E-state index in [1.165, 1.54) is 31.4 Å². The van der Waals surface area contributed by atoms with Crippen molar-refractivity contribution in [1.29, 1.82) is 0 Å². The Morgan fingerprint density at radius 2 is 2.08 bits per heavy atom. The van der Waals surface area contributed by atoms with E-state index in [9.17, 15) is 20.0 Å². The maximum Gasteiger partial charge on any atom is 0.342 e. The lowest BCUT2D eigenvalue weighted by atomic mass is 9.88. The van der Waals surface area contributed by atoms with Gasteiger partial charge in [0.1, 0.15) is 11.4 Å². The summed E-state index contributed by atoms with van der Waals surface area (Å²) in [6.07, 6.45) is 9.56. The summed E-state index contributed by atoms with van der Waals surface area (Å²) < 4.78 is 2.06. The topological polar surface area (TPSA) is 98.3 Å². The van der Waals surface area contributed by atoms with Crippen LogP contribution in [0.25, 0.3) is 0 Å². The Morgan fingerprint density at radius 1 is 1.36 bits per heavy atom. The quantitative estimate of drug-likeness (QED) is 0.649. The predicted octanol–water partition coefficient (Wildman–Crippen LogP) is 4.15. The third-order valence-corrected chi connectivity index (χ3v) is 5.02. The van der Waals surface area contributed by atoms with Gasteiger partial charge in [-0.3, -0.25) is 10.1 Å². The highest BCUT2D eigenvalue weighted by molar-refractivity contribution is 5.92. The smallest absolute Gasteiger partial charge is 0.342 e. The summed E-state index contributed by atoms with van der Waals surface area (Å²) in [6, 6.07) is 4.15. The zero-order valence-corrected chi connectivity index (χ0v) is 14.1. The molecule has 25 heavy (non-hydrogen) atoms. The van der Waals surface area contributed by atoms with Gasteiger partial charge in [-0.25, -0.2) is 9.78 Å². The van der Waals surface area contributed by atoms with Crippen LogP contribution in [-0.2, 0) is 0 Å². The molecule has 0 radical (unpaired) electrons. The number of carboxylic acid groups (broad SMARTS) is 1. The minimum absolute atomic E-state index is 0.140. The molecular weight excluding hydrogens is 322 g/mol. The van der Waals surface area contributed by atoms with Crippen LogP contribution in [0.3, 0.4) is 0 Å². The molecule has 1 atom stereocenters. The van der Waals surface area contributed by atoms with Gasteiger partial charge in [0.25, 0.3) is 5.69 Å². The number of carbonyl (C=O) groups is 1. The van der Waals surface area contributed by atoms with Crippen LogP contribution < -0.4 is 0 Å². The first-order valence-corrected chi connectivity index (χ1v) is 8.53. The zero-order valence-electron chi connectivity index (χ0n) is 14.1. The second-order valence-electron chi connectivity index (χ2n) is 6.54. The SMILES string of the molecule is CC(c1ccc([N+](=O)[O-])c(C(=O)O)c1)n1ccnc1C1CCCCC1. The molecule has 1 fully saturated rings. The molecule has 2 aromatic rings. The Labute approximate surface area is 145 Å². The van der Waals surface area contributed by atoms with E-state index in [0.29, 0.717) is 5.92 Å². The zero-order chi connectivity index (χ0) is 18.0. The van der Waals surface area contributed by atoms with Crippen molar-refractivity contribution < 1.29 is 14.8 Å². The van der Waals surface area contributed by atoms with Gasteiger partial charge in [0.05, 0.1) is 11.0 Å². The molecule has 1 aliphatic rings. The minimum Gasteiger partial charge on any atom is -0.477 e. The van der Waals surface area contributed by atoms with Crippen LogP contribution >= 0.6 is 0 Å². The second kappa shape index (κ2) is 7.04. The highest BCUT2D eigenvalue weighted by Gasteiger charge is 2.25. The summed E-state index contributed by atoms with van der Waals surface area (Å²) in [4.78, 5) is 26.3. The highest BCUT2D eigenvalue weighted by atomic mass is 16.6. The van der Waals surface area contributed by atoms with Crippen LogP contribution in [0.15, 0.2) is 30.6 Å². The molecule has 0 aliphatic heterocycles. The fourth-order valence-electron chi connectivity index (χ4n) is 3.63. The highest BCUT2D eigenvalue weighted by Crippen LogP contribution is 2.34.